The molecule has 4 aromatic rings. The summed E-state index contributed by atoms with van der Waals surface area (Å²) in [5.41, 5.74) is -1.29. The van der Waals surface area contributed by atoms with E-state index in [0.29, 0.717) is 31.5 Å². The number of likely N-dealkylation sites (tertiary alicyclic amines) is 1. The number of carbonyl (C=O) groups excluding carboxylic acids is 2. The van der Waals surface area contributed by atoms with Crippen molar-refractivity contribution in [2.45, 2.75) is 56.0 Å². The summed E-state index contributed by atoms with van der Waals surface area (Å²) in [7, 11) is -2.55. The van der Waals surface area contributed by atoms with Crippen molar-refractivity contribution >= 4 is 61.7 Å². The minimum Gasteiger partial charge on any atom is -0.530 e. The predicted molar refractivity (Wildman–Crippen MR) is 168 cm³/mol. The molecule has 5 rings (SSSR count). The van der Waals surface area contributed by atoms with Gasteiger partial charge < -0.3 is 24.9 Å². The number of alkyl halides is 2. The lowest BCUT2D eigenvalue weighted by Crippen LogP contribution is -2.66. The summed E-state index contributed by atoms with van der Waals surface area (Å²) in [6, 6.07) is 15.1. The standard InChI is InChI=1S/C30H32ClF2N5O6S2/c1-28(2,3)30(16-29(32,33)17-37(30)27(40)41)26(39)34-14-18-7-5-8-19(13-18)15-38-20-9-6-10-21(44-4)24(20)25(35-38)36-46(42,43)23-12-11-22(31)45-23/h5-13H,14-17H2,1-4H3,(H,34,39)(H,35,36)(H,40,41)/p-1/t30-/m0/s1. The highest BCUT2D eigenvalue weighted by Gasteiger charge is 2.64. The first-order valence-corrected chi connectivity index (χ1v) is 16.7. The number of sulfonamides is 1. The van der Waals surface area contributed by atoms with Gasteiger partial charge in [-0.15, -0.1) is 11.3 Å². The topological polar surface area (TPSA) is 146 Å². The molecule has 2 amide bonds. The van der Waals surface area contributed by atoms with Crippen molar-refractivity contribution in [3.63, 3.8) is 0 Å². The highest BCUT2D eigenvalue weighted by molar-refractivity contribution is 7.94. The number of carbonyl (C=O) groups is 2. The van der Waals surface area contributed by atoms with Gasteiger partial charge in [-0.3, -0.25) is 14.2 Å². The smallest absolute Gasteiger partial charge is 0.272 e. The van der Waals surface area contributed by atoms with E-state index in [-0.39, 0.29) is 23.1 Å². The Bertz CT molecular complexity index is 1920. The van der Waals surface area contributed by atoms with Crippen molar-refractivity contribution in [3.05, 3.63) is 70.1 Å². The van der Waals surface area contributed by atoms with Gasteiger partial charge in [0.05, 0.1) is 35.4 Å². The van der Waals surface area contributed by atoms with E-state index in [9.17, 15) is 31.9 Å². The van der Waals surface area contributed by atoms with Gasteiger partial charge in [-0.2, -0.15) is 5.10 Å². The molecule has 0 saturated carbocycles. The van der Waals surface area contributed by atoms with E-state index in [1.54, 1.807) is 41.1 Å². The molecule has 1 saturated heterocycles. The third-order valence-corrected chi connectivity index (χ3v) is 11.0. The van der Waals surface area contributed by atoms with Crippen LogP contribution >= 0.6 is 22.9 Å². The fourth-order valence-corrected chi connectivity index (χ4v) is 8.34. The van der Waals surface area contributed by atoms with Gasteiger partial charge in [0.1, 0.15) is 21.6 Å². The van der Waals surface area contributed by atoms with Gasteiger partial charge in [0, 0.05) is 13.0 Å². The van der Waals surface area contributed by atoms with Crippen molar-refractivity contribution in [1.82, 2.24) is 20.0 Å². The molecule has 2 aromatic heterocycles. The number of benzene rings is 2. The summed E-state index contributed by atoms with van der Waals surface area (Å²) in [6.45, 7) is 3.61. The summed E-state index contributed by atoms with van der Waals surface area (Å²) >= 11 is 6.86. The van der Waals surface area contributed by atoms with Crippen LogP contribution < -0.4 is 19.9 Å². The average Bonchev–Trinajstić information content (AvgIpc) is 3.65. The van der Waals surface area contributed by atoms with Gasteiger partial charge in [-0.25, -0.2) is 17.2 Å². The first kappa shape index (κ1) is 33.4. The molecule has 11 nitrogen and oxygen atoms in total. The molecule has 1 aliphatic heterocycles. The number of rotatable bonds is 9. The van der Waals surface area contributed by atoms with E-state index in [0.717, 1.165) is 16.9 Å². The molecule has 0 unspecified atom stereocenters. The molecule has 1 fully saturated rings. The zero-order valence-electron chi connectivity index (χ0n) is 25.3. The SMILES string of the molecule is COc1cccc2c1c(NS(=O)(=O)c1ccc(Cl)s1)nn2Cc1cccc(CNC(=O)[C@]2(C(C)(C)C)CC(F)(F)CN2C(=O)[O-])c1. The van der Waals surface area contributed by atoms with Crippen LogP contribution in [-0.4, -0.2) is 60.2 Å². The van der Waals surface area contributed by atoms with E-state index < -0.39 is 51.9 Å². The molecular weight excluding hydrogens is 664 g/mol. The Morgan fingerprint density at radius 3 is 2.46 bits per heavy atom. The number of fused-ring (bicyclic) bond motifs is 1. The van der Waals surface area contributed by atoms with Gasteiger partial charge in [0.2, 0.25) is 5.91 Å². The van der Waals surface area contributed by atoms with Crippen molar-refractivity contribution in [3.8, 4) is 5.75 Å². The molecule has 16 heteroatoms. The number of hydrogen-bond acceptors (Lipinski definition) is 8. The number of halogens is 3. The average molecular weight is 695 g/mol. The zero-order chi connectivity index (χ0) is 33.7. The number of methoxy groups -OCH3 is 1. The Hall–Kier alpha value is -3.95. The van der Waals surface area contributed by atoms with Gasteiger partial charge in [0.25, 0.3) is 15.9 Å². The summed E-state index contributed by atoms with van der Waals surface area (Å²) in [5, 5.41) is 19.5. The van der Waals surface area contributed by atoms with Crippen LogP contribution in [0.2, 0.25) is 4.34 Å². The largest absolute Gasteiger partial charge is 0.530 e. The van der Waals surface area contributed by atoms with Crippen LogP contribution in [-0.2, 0) is 27.9 Å². The highest BCUT2D eigenvalue weighted by Crippen LogP contribution is 2.49. The second kappa shape index (κ2) is 12.0. The first-order valence-electron chi connectivity index (χ1n) is 14.0. The Kier molecular flexibility index (Phi) is 8.72. The van der Waals surface area contributed by atoms with Gasteiger partial charge >= 0.3 is 0 Å². The molecule has 0 spiro atoms. The van der Waals surface area contributed by atoms with E-state index in [4.69, 9.17) is 16.3 Å². The number of hydrogen-bond donors (Lipinski definition) is 2. The molecule has 0 bridgehead atoms. The quantitative estimate of drug-likeness (QED) is 0.259. The molecular formula is C30H31ClF2N5O6S2-. The molecule has 0 aliphatic carbocycles. The number of nitrogens with one attached hydrogen (secondary N) is 2. The predicted octanol–water partition coefficient (Wildman–Crippen LogP) is 4.69. The van der Waals surface area contributed by atoms with Crippen molar-refractivity contribution < 1.29 is 36.6 Å². The molecule has 2 aromatic carbocycles. The van der Waals surface area contributed by atoms with Crippen LogP contribution in [0.5, 0.6) is 5.75 Å². The Balaban J connectivity index is 1.41. The maximum Gasteiger partial charge on any atom is 0.272 e. The summed E-state index contributed by atoms with van der Waals surface area (Å²) < 4.78 is 65.2. The number of ether oxygens (including phenoxy) is 1. The van der Waals surface area contributed by atoms with Crippen molar-refractivity contribution in [2.75, 3.05) is 18.4 Å². The van der Waals surface area contributed by atoms with Crippen LogP contribution in [0, 0.1) is 5.41 Å². The van der Waals surface area contributed by atoms with Crippen LogP contribution in [0.25, 0.3) is 10.9 Å². The summed E-state index contributed by atoms with van der Waals surface area (Å²) in [4.78, 5) is 25.8. The fraction of sp³-hybridized carbons (Fsp3) is 0.367. The zero-order valence-corrected chi connectivity index (χ0v) is 27.7. The van der Waals surface area contributed by atoms with Crippen LogP contribution in [0.15, 0.2) is 58.8 Å². The lowest BCUT2D eigenvalue weighted by molar-refractivity contribution is -0.272. The number of nitrogens with zero attached hydrogens (tertiary/aromatic N) is 3. The van der Waals surface area contributed by atoms with Gasteiger partial charge in [0.15, 0.2) is 5.82 Å². The Morgan fingerprint density at radius 1 is 1.13 bits per heavy atom. The second-order valence-electron chi connectivity index (χ2n) is 12.0. The van der Waals surface area contributed by atoms with E-state index in [1.165, 1.54) is 40.0 Å². The third kappa shape index (κ3) is 6.22. The first-order chi connectivity index (χ1) is 21.5. The van der Waals surface area contributed by atoms with E-state index in [2.05, 4.69) is 15.1 Å². The van der Waals surface area contributed by atoms with Gasteiger partial charge in [-0.05, 0) is 40.8 Å². The maximum atomic E-state index is 14.5. The molecule has 246 valence electrons. The minimum atomic E-state index is -4.01. The van der Waals surface area contributed by atoms with E-state index >= 15 is 0 Å². The number of aromatic nitrogens is 2. The molecule has 46 heavy (non-hydrogen) atoms. The van der Waals surface area contributed by atoms with Crippen LogP contribution in [0.4, 0.5) is 19.4 Å². The van der Waals surface area contributed by atoms with Crippen molar-refractivity contribution in [2.24, 2.45) is 5.41 Å². The number of thiophene rings is 1. The molecule has 2 N–H and O–H groups in total. The summed E-state index contributed by atoms with van der Waals surface area (Å²) in [5.74, 6) is -3.79. The molecule has 0 radical (unpaired) electrons. The maximum absolute atomic E-state index is 14.5. The summed E-state index contributed by atoms with van der Waals surface area (Å²) in [6.07, 6.45) is -2.81. The number of carboxylic acid groups (broad SMARTS) is 1. The number of amides is 2. The highest BCUT2D eigenvalue weighted by atomic mass is 35.5. The van der Waals surface area contributed by atoms with Gasteiger partial charge in [-0.1, -0.05) is 62.7 Å². The van der Waals surface area contributed by atoms with Crippen LogP contribution in [0.3, 0.4) is 0 Å². The number of anilines is 1. The normalized spacial score (nSPS) is 18.1. The van der Waals surface area contributed by atoms with Crippen LogP contribution in [0.1, 0.15) is 38.3 Å². The lowest BCUT2D eigenvalue weighted by Gasteiger charge is -2.47. The minimum absolute atomic E-state index is 0.0159. The third-order valence-electron chi connectivity index (χ3n) is 7.98. The molecule has 1 atom stereocenters. The fourth-order valence-electron chi connectivity index (χ4n) is 5.84. The lowest BCUT2D eigenvalue weighted by atomic mass is 9.70. The second-order valence-corrected chi connectivity index (χ2v) is 15.6. The molecule has 1 aliphatic rings. The molecule has 3 heterocycles. The Labute approximate surface area is 273 Å². The Morgan fingerprint density at radius 2 is 1.83 bits per heavy atom. The van der Waals surface area contributed by atoms with E-state index in [1.807, 2.05) is 6.07 Å². The van der Waals surface area contributed by atoms with Crippen molar-refractivity contribution in [1.29, 1.82) is 0 Å². The monoisotopic (exact) mass is 694 g/mol.